The second kappa shape index (κ2) is 3.37. The van der Waals surface area contributed by atoms with E-state index in [1.165, 1.54) is 19.3 Å². The van der Waals surface area contributed by atoms with Crippen LogP contribution in [0, 0.1) is 0 Å². The Kier molecular flexibility index (Phi) is 2.16. The van der Waals surface area contributed by atoms with Crippen LogP contribution >= 0.6 is 0 Å². The van der Waals surface area contributed by atoms with E-state index in [4.69, 9.17) is 4.74 Å². The van der Waals surface area contributed by atoms with Crippen LogP contribution in [0.1, 0.15) is 15.9 Å². The molecule has 1 aromatic rings. The number of phenolic OH excluding ortho intramolecular Hbond substituents is 2. The maximum atomic E-state index is 11.5. The van der Waals surface area contributed by atoms with E-state index >= 15 is 0 Å². The van der Waals surface area contributed by atoms with Crippen LogP contribution in [0.3, 0.4) is 0 Å². The third-order valence-corrected chi connectivity index (χ3v) is 2.35. The van der Waals surface area contributed by atoms with Gasteiger partial charge in [0.05, 0.1) is 12.7 Å². The molecule has 0 aliphatic heterocycles. The lowest BCUT2D eigenvalue weighted by atomic mass is 9.93. The van der Waals surface area contributed by atoms with Crippen LogP contribution in [0.4, 0.5) is 0 Å². The predicted molar refractivity (Wildman–Crippen MR) is 54.7 cm³/mol. The normalized spacial score (nSPS) is 13.8. The van der Waals surface area contributed by atoms with E-state index in [1.54, 1.807) is 0 Å². The smallest absolute Gasteiger partial charge is 0.237 e. The minimum Gasteiger partial charge on any atom is -0.504 e. The molecule has 1 aromatic carbocycles. The summed E-state index contributed by atoms with van der Waals surface area (Å²) in [7, 11) is 1.32. The number of Topliss-reactive ketones (excluding diaryl/α,β-unsaturated/α-hetero) is 1. The molecule has 0 aromatic heterocycles. The molecule has 0 radical (unpaired) electrons. The van der Waals surface area contributed by atoms with Gasteiger partial charge in [0.1, 0.15) is 0 Å². The van der Waals surface area contributed by atoms with Gasteiger partial charge >= 0.3 is 0 Å². The molecule has 0 bridgehead atoms. The highest BCUT2D eigenvalue weighted by atomic mass is 16.5. The first-order valence-electron chi connectivity index (χ1n) is 4.46. The molecule has 0 spiro atoms. The van der Waals surface area contributed by atoms with E-state index < -0.39 is 23.1 Å². The highest BCUT2D eigenvalue weighted by Gasteiger charge is 2.28. The van der Waals surface area contributed by atoms with Crippen molar-refractivity contribution in [2.75, 3.05) is 7.11 Å². The van der Waals surface area contributed by atoms with Gasteiger partial charge < -0.3 is 14.9 Å². The largest absolute Gasteiger partial charge is 0.504 e. The summed E-state index contributed by atoms with van der Waals surface area (Å²) in [5, 5.41) is 19.1. The number of aromatic hydroxyl groups is 2. The van der Waals surface area contributed by atoms with Crippen molar-refractivity contribution in [3.8, 4) is 17.2 Å². The number of allylic oxidation sites excluding steroid dienone is 1. The van der Waals surface area contributed by atoms with Crippen molar-refractivity contribution >= 4 is 17.6 Å². The number of phenols is 2. The molecular formula is C11H8O5. The molecule has 0 unspecified atom stereocenters. The molecule has 82 valence electrons. The van der Waals surface area contributed by atoms with Crippen molar-refractivity contribution in [3.63, 3.8) is 0 Å². The van der Waals surface area contributed by atoms with Crippen LogP contribution in [0.5, 0.6) is 17.2 Å². The van der Waals surface area contributed by atoms with E-state index in [0.717, 1.165) is 6.08 Å². The standard InChI is InChI=1S/C11H8O5/c1-16-7-4-5-2-3-6(12)9(13)8(5)11(15)10(7)14/h2-4,14-15H,1H3. The summed E-state index contributed by atoms with van der Waals surface area (Å²) >= 11 is 0. The Bertz CT molecular complexity index is 528. The van der Waals surface area contributed by atoms with Gasteiger partial charge in [-0.05, 0) is 23.8 Å². The molecule has 2 N–H and O–H groups in total. The fourth-order valence-electron chi connectivity index (χ4n) is 1.54. The van der Waals surface area contributed by atoms with E-state index in [0.29, 0.717) is 5.56 Å². The zero-order valence-corrected chi connectivity index (χ0v) is 8.35. The number of hydrogen-bond acceptors (Lipinski definition) is 5. The molecule has 1 aliphatic carbocycles. The van der Waals surface area contributed by atoms with E-state index in [2.05, 4.69) is 0 Å². The quantitative estimate of drug-likeness (QED) is 0.542. The molecular weight excluding hydrogens is 212 g/mol. The lowest BCUT2D eigenvalue weighted by Gasteiger charge is -2.13. The Morgan fingerprint density at radius 3 is 2.44 bits per heavy atom. The third kappa shape index (κ3) is 1.25. The SMILES string of the molecule is COc1cc2c(c(O)c1O)C(=O)C(=O)C=C2. The van der Waals surface area contributed by atoms with Gasteiger partial charge in [0.2, 0.25) is 17.3 Å². The van der Waals surface area contributed by atoms with Crippen LogP contribution in [-0.4, -0.2) is 28.9 Å². The van der Waals surface area contributed by atoms with Crippen molar-refractivity contribution in [2.24, 2.45) is 0 Å². The molecule has 2 rings (SSSR count). The number of ketones is 2. The first-order valence-corrected chi connectivity index (χ1v) is 4.46. The number of fused-ring (bicyclic) bond motifs is 1. The van der Waals surface area contributed by atoms with Crippen LogP contribution in [0.25, 0.3) is 6.08 Å². The van der Waals surface area contributed by atoms with E-state index in [1.807, 2.05) is 0 Å². The van der Waals surface area contributed by atoms with Gasteiger partial charge in [0.25, 0.3) is 0 Å². The summed E-state index contributed by atoms with van der Waals surface area (Å²) in [5.74, 6) is -2.70. The van der Waals surface area contributed by atoms with Gasteiger partial charge in [-0.2, -0.15) is 0 Å². The van der Waals surface area contributed by atoms with Crippen LogP contribution in [0.2, 0.25) is 0 Å². The minimum absolute atomic E-state index is 0.0445. The zero-order valence-electron chi connectivity index (χ0n) is 8.35. The summed E-state index contributed by atoms with van der Waals surface area (Å²) < 4.78 is 4.81. The average Bonchev–Trinajstić information content (AvgIpc) is 2.28. The zero-order chi connectivity index (χ0) is 11.9. The van der Waals surface area contributed by atoms with Crippen molar-refractivity contribution in [2.45, 2.75) is 0 Å². The number of hydrogen-bond donors (Lipinski definition) is 2. The second-order valence-corrected chi connectivity index (χ2v) is 3.27. The van der Waals surface area contributed by atoms with Gasteiger partial charge in [-0.3, -0.25) is 9.59 Å². The Labute approximate surface area is 90.6 Å². The Morgan fingerprint density at radius 1 is 1.12 bits per heavy atom. The number of methoxy groups -OCH3 is 1. The van der Waals surface area contributed by atoms with Gasteiger partial charge in [0, 0.05) is 0 Å². The fourth-order valence-corrected chi connectivity index (χ4v) is 1.54. The number of rotatable bonds is 1. The molecule has 5 heteroatoms. The maximum absolute atomic E-state index is 11.5. The molecule has 0 saturated carbocycles. The Hall–Kier alpha value is -2.30. The third-order valence-electron chi connectivity index (χ3n) is 2.35. The van der Waals surface area contributed by atoms with E-state index in [9.17, 15) is 19.8 Å². The molecule has 5 nitrogen and oxygen atoms in total. The molecule has 0 saturated heterocycles. The summed E-state index contributed by atoms with van der Waals surface area (Å²) in [6.07, 6.45) is 2.50. The van der Waals surface area contributed by atoms with E-state index in [-0.39, 0.29) is 11.3 Å². The topological polar surface area (TPSA) is 83.8 Å². The molecule has 1 aliphatic rings. The molecule has 0 heterocycles. The van der Waals surface area contributed by atoms with Crippen molar-refractivity contribution in [3.05, 3.63) is 23.3 Å². The van der Waals surface area contributed by atoms with Gasteiger partial charge in [0.15, 0.2) is 11.5 Å². The lowest BCUT2D eigenvalue weighted by Crippen LogP contribution is -2.16. The van der Waals surface area contributed by atoms with Crippen molar-refractivity contribution in [1.29, 1.82) is 0 Å². The predicted octanol–water partition coefficient (Wildman–Crippen LogP) is 0.885. The highest BCUT2D eigenvalue weighted by molar-refractivity contribution is 6.50. The van der Waals surface area contributed by atoms with Crippen LogP contribution in [-0.2, 0) is 4.79 Å². The summed E-state index contributed by atoms with van der Waals surface area (Å²) in [6.45, 7) is 0. The first kappa shape index (κ1) is 10.2. The van der Waals surface area contributed by atoms with Crippen LogP contribution in [0.15, 0.2) is 12.1 Å². The average molecular weight is 220 g/mol. The first-order chi connectivity index (χ1) is 7.56. The van der Waals surface area contributed by atoms with Gasteiger partial charge in [-0.1, -0.05) is 0 Å². The highest BCUT2D eigenvalue weighted by Crippen LogP contribution is 2.41. The Balaban J connectivity index is 2.76. The molecule has 0 amide bonds. The summed E-state index contributed by atoms with van der Waals surface area (Å²) in [5.41, 5.74) is 0.155. The summed E-state index contributed by atoms with van der Waals surface area (Å²) in [6, 6.07) is 1.38. The minimum atomic E-state index is -0.840. The number of carbonyl (C=O) groups excluding carboxylic acids is 2. The molecule has 16 heavy (non-hydrogen) atoms. The lowest BCUT2D eigenvalue weighted by molar-refractivity contribution is -0.110. The maximum Gasteiger partial charge on any atom is 0.237 e. The fraction of sp³-hybridized carbons (Fsp3) is 0.0909. The second-order valence-electron chi connectivity index (χ2n) is 3.27. The summed E-state index contributed by atoms with van der Waals surface area (Å²) in [4.78, 5) is 22.6. The van der Waals surface area contributed by atoms with Crippen molar-refractivity contribution in [1.82, 2.24) is 0 Å². The molecule has 0 atom stereocenters. The number of carbonyl (C=O) groups is 2. The Morgan fingerprint density at radius 2 is 1.81 bits per heavy atom. The monoisotopic (exact) mass is 220 g/mol. The van der Waals surface area contributed by atoms with Crippen molar-refractivity contribution < 1.29 is 24.5 Å². The van der Waals surface area contributed by atoms with Crippen LogP contribution < -0.4 is 4.74 Å². The van der Waals surface area contributed by atoms with Gasteiger partial charge in [-0.15, -0.1) is 0 Å². The molecule has 0 fully saturated rings. The number of ether oxygens (including phenoxy) is 1. The van der Waals surface area contributed by atoms with Gasteiger partial charge in [-0.25, -0.2) is 0 Å². The number of benzene rings is 1.